The van der Waals surface area contributed by atoms with Crippen molar-refractivity contribution in [3.8, 4) is 0 Å². The first-order valence-electron chi connectivity index (χ1n) is 8.82. The highest BCUT2D eigenvalue weighted by Crippen LogP contribution is 2.39. The summed E-state index contributed by atoms with van der Waals surface area (Å²) in [7, 11) is 0. The maximum absolute atomic E-state index is 5.79. The van der Waals surface area contributed by atoms with Crippen molar-refractivity contribution in [1.29, 1.82) is 0 Å². The van der Waals surface area contributed by atoms with Gasteiger partial charge in [-0.25, -0.2) is 0 Å². The zero-order chi connectivity index (χ0) is 15.6. The number of likely N-dealkylation sites (tertiary alicyclic amines) is 1. The summed E-state index contributed by atoms with van der Waals surface area (Å²) in [5, 5.41) is 12.0. The average Bonchev–Trinajstić information content (AvgIpc) is 3.08. The molecule has 1 aromatic heterocycles. The van der Waals surface area contributed by atoms with Crippen LogP contribution in [0.3, 0.4) is 0 Å². The summed E-state index contributed by atoms with van der Waals surface area (Å²) < 4.78 is 5.47. The van der Waals surface area contributed by atoms with E-state index >= 15 is 0 Å². The minimum atomic E-state index is 0.447. The molecule has 3 aliphatic rings. The van der Waals surface area contributed by atoms with Crippen LogP contribution in [0.15, 0.2) is 12.1 Å². The molecule has 1 saturated carbocycles. The van der Waals surface area contributed by atoms with E-state index in [-0.39, 0.29) is 0 Å². The van der Waals surface area contributed by atoms with E-state index in [2.05, 4.69) is 20.4 Å². The van der Waals surface area contributed by atoms with E-state index < -0.39 is 0 Å². The largest absolute Gasteiger partial charge is 0.381 e. The third-order valence-corrected chi connectivity index (χ3v) is 5.87. The highest BCUT2D eigenvalue weighted by molar-refractivity contribution is 6.29. The van der Waals surface area contributed by atoms with E-state index in [1.165, 1.54) is 45.3 Å². The van der Waals surface area contributed by atoms with Gasteiger partial charge in [0.1, 0.15) is 5.82 Å². The van der Waals surface area contributed by atoms with Gasteiger partial charge in [-0.15, -0.1) is 10.2 Å². The number of fused-ring (bicyclic) bond motifs is 1. The normalized spacial score (nSPS) is 29.8. The predicted molar refractivity (Wildman–Crippen MR) is 90.6 cm³/mol. The van der Waals surface area contributed by atoms with Crippen LogP contribution >= 0.6 is 11.6 Å². The second-order valence-corrected chi connectivity index (χ2v) is 7.74. The van der Waals surface area contributed by atoms with Crippen molar-refractivity contribution < 1.29 is 4.74 Å². The fourth-order valence-electron chi connectivity index (χ4n) is 4.56. The van der Waals surface area contributed by atoms with Crippen LogP contribution in [-0.2, 0) is 4.74 Å². The molecule has 1 N–H and O–H groups in total. The van der Waals surface area contributed by atoms with Gasteiger partial charge in [-0.2, -0.15) is 0 Å². The molecule has 0 unspecified atom stereocenters. The van der Waals surface area contributed by atoms with Gasteiger partial charge in [-0.05, 0) is 55.6 Å². The lowest BCUT2D eigenvalue weighted by atomic mass is 10.00. The molecule has 2 aliphatic heterocycles. The van der Waals surface area contributed by atoms with Gasteiger partial charge in [0, 0.05) is 38.9 Å². The lowest BCUT2D eigenvalue weighted by Crippen LogP contribution is -2.32. The molecule has 4 rings (SSSR count). The Kier molecular flexibility index (Phi) is 4.69. The maximum Gasteiger partial charge on any atom is 0.151 e. The monoisotopic (exact) mass is 336 g/mol. The first-order valence-corrected chi connectivity index (χ1v) is 9.20. The summed E-state index contributed by atoms with van der Waals surface area (Å²) in [5.41, 5.74) is 0. The Bertz CT molecular complexity index is 506. The Balaban J connectivity index is 1.25. The molecule has 1 aliphatic carbocycles. The molecule has 23 heavy (non-hydrogen) atoms. The molecular formula is C17H25ClN4O. The number of nitrogens with one attached hydrogen (secondary N) is 1. The van der Waals surface area contributed by atoms with Crippen molar-refractivity contribution in [3.05, 3.63) is 17.3 Å². The predicted octanol–water partition coefficient (Wildman–Crippen LogP) is 2.68. The number of ether oxygens (including phenoxy) is 1. The highest BCUT2D eigenvalue weighted by Gasteiger charge is 2.41. The fraction of sp³-hybridized carbons (Fsp3) is 0.765. The molecule has 1 aromatic rings. The molecule has 0 bridgehead atoms. The molecule has 2 atom stereocenters. The second-order valence-electron chi connectivity index (χ2n) is 7.35. The van der Waals surface area contributed by atoms with E-state index in [9.17, 15) is 0 Å². The Morgan fingerprint density at radius 2 is 1.87 bits per heavy atom. The van der Waals surface area contributed by atoms with Gasteiger partial charge in [-0.3, -0.25) is 0 Å². The molecule has 2 saturated heterocycles. The summed E-state index contributed by atoms with van der Waals surface area (Å²) in [5.74, 6) is 3.37. The van der Waals surface area contributed by atoms with Gasteiger partial charge in [0.15, 0.2) is 5.15 Å². The molecular weight excluding hydrogens is 312 g/mol. The molecule has 0 spiro atoms. The van der Waals surface area contributed by atoms with Crippen molar-refractivity contribution in [1.82, 2.24) is 15.1 Å². The van der Waals surface area contributed by atoms with E-state index in [0.29, 0.717) is 11.2 Å². The van der Waals surface area contributed by atoms with E-state index in [0.717, 1.165) is 36.8 Å². The second kappa shape index (κ2) is 6.91. The lowest BCUT2D eigenvalue weighted by molar-refractivity contribution is 0.0545. The zero-order valence-corrected chi connectivity index (χ0v) is 14.2. The summed E-state index contributed by atoms with van der Waals surface area (Å²) in [6.07, 6.45) is 4.98. The quantitative estimate of drug-likeness (QED) is 0.916. The number of hydrogen-bond donors (Lipinski definition) is 1. The summed E-state index contributed by atoms with van der Waals surface area (Å²) in [6.45, 7) is 5.73. The molecule has 0 amide bonds. The molecule has 126 valence electrons. The molecule has 0 radical (unpaired) electrons. The molecule has 0 aromatic carbocycles. The Hall–Kier alpha value is -0.910. The first-order chi connectivity index (χ1) is 11.3. The minimum absolute atomic E-state index is 0.447. The molecule has 6 heteroatoms. The van der Waals surface area contributed by atoms with Crippen LogP contribution in [-0.4, -0.2) is 54.0 Å². The SMILES string of the molecule is Clc1ccc(NC2C[C@@H]3CN(CC4CCOCC4)C[C@H]3C2)nn1. The highest BCUT2D eigenvalue weighted by atomic mass is 35.5. The van der Waals surface area contributed by atoms with Crippen molar-refractivity contribution in [2.24, 2.45) is 17.8 Å². The number of hydrogen-bond acceptors (Lipinski definition) is 5. The Labute approximate surface area is 142 Å². The van der Waals surface area contributed by atoms with Gasteiger partial charge < -0.3 is 15.0 Å². The van der Waals surface area contributed by atoms with Crippen LogP contribution in [0.5, 0.6) is 0 Å². The van der Waals surface area contributed by atoms with E-state index in [1.807, 2.05) is 6.07 Å². The van der Waals surface area contributed by atoms with Crippen LogP contribution in [0.2, 0.25) is 5.15 Å². The fourth-order valence-corrected chi connectivity index (χ4v) is 4.66. The van der Waals surface area contributed by atoms with Crippen molar-refractivity contribution in [3.63, 3.8) is 0 Å². The molecule has 3 fully saturated rings. The molecule has 5 nitrogen and oxygen atoms in total. The van der Waals surface area contributed by atoms with E-state index in [1.54, 1.807) is 6.07 Å². The number of nitrogens with zero attached hydrogens (tertiary/aromatic N) is 3. The van der Waals surface area contributed by atoms with E-state index in [4.69, 9.17) is 16.3 Å². The standard InChI is InChI=1S/C17H25ClN4O/c18-16-1-2-17(21-20-16)19-15-7-13-10-22(11-14(13)8-15)9-12-3-5-23-6-4-12/h1-2,12-15H,3-11H2,(H,19,21)/t13-,14-/m1/s1. The first kappa shape index (κ1) is 15.6. The number of aromatic nitrogens is 2. The summed E-state index contributed by atoms with van der Waals surface area (Å²) in [4.78, 5) is 2.70. The molecule has 3 heterocycles. The van der Waals surface area contributed by atoms with Gasteiger partial charge in [-0.1, -0.05) is 11.6 Å². The van der Waals surface area contributed by atoms with Crippen LogP contribution in [0.1, 0.15) is 25.7 Å². The third-order valence-electron chi connectivity index (χ3n) is 5.67. The lowest BCUT2D eigenvalue weighted by Gasteiger charge is -2.27. The number of rotatable bonds is 4. The minimum Gasteiger partial charge on any atom is -0.381 e. The van der Waals surface area contributed by atoms with Crippen LogP contribution in [0.4, 0.5) is 5.82 Å². The number of halogens is 1. The Morgan fingerprint density at radius 3 is 2.52 bits per heavy atom. The topological polar surface area (TPSA) is 50.3 Å². The van der Waals surface area contributed by atoms with Crippen molar-refractivity contribution in [2.45, 2.75) is 31.7 Å². The van der Waals surface area contributed by atoms with Crippen LogP contribution < -0.4 is 5.32 Å². The summed E-state index contributed by atoms with van der Waals surface area (Å²) in [6, 6.07) is 4.24. The van der Waals surface area contributed by atoms with Gasteiger partial charge in [0.2, 0.25) is 0 Å². The van der Waals surface area contributed by atoms with Crippen molar-refractivity contribution in [2.75, 3.05) is 38.2 Å². The zero-order valence-electron chi connectivity index (χ0n) is 13.5. The van der Waals surface area contributed by atoms with Crippen LogP contribution in [0.25, 0.3) is 0 Å². The summed E-state index contributed by atoms with van der Waals surface area (Å²) >= 11 is 5.79. The maximum atomic E-state index is 5.79. The van der Waals surface area contributed by atoms with Gasteiger partial charge >= 0.3 is 0 Å². The van der Waals surface area contributed by atoms with Gasteiger partial charge in [0.05, 0.1) is 0 Å². The smallest absolute Gasteiger partial charge is 0.151 e. The third kappa shape index (κ3) is 3.78. The van der Waals surface area contributed by atoms with Crippen LogP contribution in [0, 0.1) is 17.8 Å². The number of anilines is 1. The average molecular weight is 337 g/mol. The Morgan fingerprint density at radius 1 is 1.13 bits per heavy atom. The van der Waals surface area contributed by atoms with Gasteiger partial charge in [0.25, 0.3) is 0 Å². The van der Waals surface area contributed by atoms with Crippen molar-refractivity contribution >= 4 is 17.4 Å².